The first-order valence-corrected chi connectivity index (χ1v) is 10.3. The van der Waals surface area contributed by atoms with Crippen LogP contribution in [0.15, 0.2) is 42.6 Å². The van der Waals surface area contributed by atoms with Gasteiger partial charge in [0.05, 0.1) is 13.2 Å². The van der Waals surface area contributed by atoms with Crippen LogP contribution in [-0.4, -0.2) is 43.0 Å². The predicted octanol–water partition coefficient (Wildman–Crippen LogP) is 3.97. The Balaban J connectivity index is 1.41. The van der Waals surface area contributed by atoms with Crippen LogP contribution in [0.1, 0.15) is 49.5 Å². The van der Waals surface area contributed by atoms with Gasteiger partial charge in [0.15, 0.2) is 5.79 Å². The molecular weight excluding hydrogens is 366 g/mol. The maximum Gasteiger partial charge on any atom is 0.255 e. The van der Waals surface area contributed by atoms with Gasteiger partial charge < -0.3 is 19.7 Å². The van der Waals surface area contributed by atoms with Gasteiger partial charge in [0, 0.05) is 43.4 Å². The Morgan fingerprint density at radius 3 is 2.34 bits per heavy atom. The minimum atomic E-state index is -0.412. The summed E-state index contributed by atoms with van der Waals surface area (Å²) in [6.45, 7) is 9.46. The van der Waals surface area contributed by atoms with Gasteiger partial charge in [-0.05, 0) is 35.2 Å². The van der Waals surface area contributed by atoms with Crippen LogP contribution < -0.4 is 10.2 Å². The quantitative estimate of drug-likeness (QED) is 0.852. The van der Waals surface area contributed by atoms with Crippen molar-refractivity contribution in [3.8, 4) is 0 Å². The molecule has 154 valence electrons. The van der Waals surface area contributed by atoms with E-state index in [4.69, 9.17) is 9.47 Å². The summed E-state index contributed by atoms with van der Waals surface area (Å²) >= 11 is 0. The van der Waals surface area contributed by atoms with Crippen LogP contribution in [0, 0.1) is 0 Å². The predicted molar refractivity (Wildman–Crippen MR) is 113 cm³/mol. The van der Waals surface area contributed by atoms with Gasteiger partial charge in [0.2, 0.25) is 0 Å². The molecule has 1 aromatic heterocycles. The highest BCUT2D eigenvalue weighted by Gasteiger charge is 2.40. The lowest BCUT2D eigenvalue weighted by molar-refractivity contribution is -0.169. The van der Waals surface area contributed by atoms with Gasteiger partial charge in [-0.2, -0.15) is 0 Å². The number of pyridine rings is 1. The molecule has 6 heteroatoms. The Hall–Kier alpha value is -2.44. The number of hydrogen-bond donors (Lipinski definition) is 1. The van der Waals surface area contributed by atoms with Gasteiger partial charge in [-0.3, -0.25) is 4.79 Å². The van der Waals surface area contributed by atoms with Crippen molar-refractivity contribution in [1.82, 2.24) is 4.98 Å². The third-order valence-electron chi connectivity index (χ3n) is 5.68. The second kappa shape index (κ2) is 7.76. The van der Waals surface area contributed by atoms with Crippen molar-refractivity contribution in [3.63, 3.8) is 0 Å². The first kappa shape index (κ1) is 19.9. The SMILES string of the molecule is CC(C)(C)c1ccc(NC(=O)c2ccnc(N3CCC4(CC3)OCCO4)c2)cc1. The lowest BCUT2D eigenvalue weighted by Gasteiger charge is -2.38. The monoisotopic (exact) mass is 395 g/mol. The van der Waals surface area contributed by atoms with E-state index in [2.05, 4.69) is 48.1 Å². The molecule has 2 aliphatic heterocycles. The van der Waals surface area contributed by atoms with Crippen LogP contribution in [0.3, 0.4) is 0 Å². The number of carbonyl (C=O) groups excluding carboxylic acids is 1. The molecule has 2 aliphatic rings. The number of piperidine rings is 1. The Morgan fingerprint density at radius 2 is 1.72 bits per heavy atom. The standard InChI is InChI=1S/C23H29N3O3/c1-22(2,3)18-4-6-19(7-5-18)25-21(27)17-8-11-24-20(16-17)26-12-9-23(10-13-26)28-14-15-29-23/h4-8,11,16H,9-10,12-15H2,1-3H3,(H,25,27). The molecule has 2 aromatic rings. The van der Waals surface area contributed by atoms with Crippen molar-refractivity contribution >= 4 is 17.4 Å². The van der Waals surface area contributed by atoms with Crippen LogP contribution >= 0.6 is 0 Å². The number of benzene rings is 1. The zero-order chi connectivity index (χ0) is 20.5. The van der Waals surface area contributed by atoms with Crippen LogP contribution in [0.25, 0.3) is 0 Å². The number of carbonyl (C=O) groups is 1. The number of aromatic nitrogens is 1. The molecule has 0 atom stereocenters. The number of amides is 1. The Labute approximate surface area is 172 Å². The lowest BCUT2D eigenvalue weighted by Crippen LogP contribution is -2.45. The van der Waals surface area contributed by atoms with Crippen LogP contribution in [-0.2, 0) is 14.9 Å². The molecule has 29 heavy (non-hydrogen) atoms. The summed E-state index contributed by atoms with van der Waals surface area (Å²) < 4.78 is 11.6. The van der Waals surface area contributed by atoms with Gasteiger partial charge in [-0.15, -0.1) is 0 Å². The van der Waals surface area contributed by atoms with E-state index in [-0.39, 0.29) is 11.3 Å². The minimum absolute atomic E-state index is 0.0874. The normalized spacial score (nSPS) is 18.8. The van der Waals surface area contributed by atoms with Crippen LogP contribution in [0.2, 0.25) is 0 Å². The Kier molecular flexibility index (Phi) is 5.32. The van der Waals surface area contributed by atoms with Gasteiger partial charge in [-0.1, -0.05) is 32.9 Å². The average molecular weight is 396 g/mol. The molecule has 2 saturated heterocycles. The number of ether oxygens (including phenoxy) is 2. The van der Waals surface area contributed by atoms with Gasteiger partial charge in [0.1, 0.15) is 5.82 Å². The van der Waals surface area contributed by atoms with E-state index in [0.717, 1.165) is 37.4 Å². The maximum atomic E-state index is 12.7. The minimum Gasteiger partial charge on any atom is -0.356 e. The molecule has 0 aliphatic carbocycles. The third-order valence-corrected chi connectivity index (χ3v) is 5.68. The van der Waals surface area contributed by atoms with E-state index in [1.807, 2.05) is 18.2 Å². The Bertz CT molecular complexity index is 858. The third kappa shape index (κ3) is 4.43. The molecule has 0 unspecified atom stereocenters. The zero-order valence-corrected chi connectivity index (χ0v) is 17.4. The molecule has 2 fully saturated rings. The van der Waals surface area contributed by atoms with E-state index in [1.165, 1.54) is 5.56 Å². The maximum absolute atomic E-state index is 12.7. The van der Waals surface area contributed by atoms with Crippen molar-refractivity contribution in [2.45, 2.75) is 44.8 Å². The molecule has 0 radical (unpaired) electrons. The molecule has 4 rings (SSSR count). The highest BCUT2D eigenvalue weighted by atomic mass is 16.7. The molecule has 1 amide bonds. The molecule has 0 bridgehead atoms. The van der Waals surface area contributed by atoms with E-state index in [0.29, 0.717) is 18.8 Å². The van der Waals surface area contributed by atoms with Crippen molar-refractivity contribution in [1.29, 1.82) is 0 Å². The largest absolute Gasteiger partial charge is 0.356 e. The van der Waals surface area contributed by atoms with Crippen molar-refractivity contribution < 1.29 is 14.3 Å². The number of anilines is 2. The fourth-order valence-electron chi connectivity index (χ4n) is 3.85. The lowest BCUT2D eigenvalue weighted by atomic mass is 9.87. The molecule has 1 spiro atoms. The van der Waals surface area contributed by atoms with E-state index in [9.17, 15) is 4.79 Å². The molecule has 0 saturated carbocycles. The summed E-state index contributed by atoms with van der Waals surface area (Å²) in [5.74, 6) is 0.270. The second-order valence-corrected chi connectivity index (χ2v) is 8.78. The topological polar surface area (TPSA) is 63.7 Å². The van der Waals surface area contributed by atoms with Crippen molar-refractivity contribution in [2.75, 3.05) is 36.5 Å². The van der Waals surface area contributed by atoms with Crippen LogP contribution in [0.4, 0.5) is 11.5 Å². The van der Waals surface area contributed by atoms with E-state index < -0.39 is 5.79 Å². The average Bonchev–Trinajstić information content (AvgIpc) is 3.16. The highest BCUT2D eigenvalue weighted by Crippen LogP contribution is 2.32. The summed E-state index contributed by atoms with van der Waals surface area (Å²) in [7, 11) is 0. The molecule has 6 nitrogen and oxygen atoms in total. The van der Waals surface area contributed by atoms with Crippen molar-refractivity contribution in [2.24, 2.45) is 0 Å². The van der Waals surface area contributed by atoms with E-state index >= 15 is 0 Å². The van der Waals surface area contributed by atoms with Gasteiger partial charge in [-0.25, -0.2) is 4.98 Å². The second-order valence-electron chi connectivity index (χ2n) is 8.78. The fourth-order valence-corrected chi connectivity index (χ4v) is 3.85. The number of nitrogens with zero attached hydrogens (tertiary/aromatic N) is 2. The highest BCUT2D eigenvalue weighted by molar-refractivity contribution is 6.04. The first-order valence-electron chi connectivity index (χ1n) is 10.3. The first-order chi connectivity index (χ1) is 13.8. The smallest absolute Gasteiger partial charge is 0.255 e. The van der Waals surface area contributed by atoms with Crippen LogP contribution in [0.5, 0.6) is 0 Å². The van der Waals surface area contributed by atoms with Gasteiger partial charge in [0.25, 0.3) is 5.91 Å². The zero-order valence-electron chi connectivity index (χ0n) is 17.4. The number of rotatable bonds is 3. The van der Waals surface area contributed by atoms with Crippen molar-refractivity contribution in [3.05, 3.63) is 53.7 Å². The number of hydrogen-bond acceptors (Lipinski definition) is 5. The summed E-state index contributed by atoms with van der Waals surface area (Å²) in [5, 5.41) is 2.98. The summed E-state index contributed by atoms with van der Waals surface area (Å²) in [5.41, 5.74) is 2.71. The molecule has 3 heterocycles. The van der Waals surface area contributed by atoms with E-state index in [1.54, 1.807) is 12.3 Å². The molecule has 1 N–H and O–H groups in total. The molecule has 1 aromatic carbocycles. The Morgan fingerprint density at radius 1 is 1.07 bits per heavy atom. The van der Waals surface area contributed by atoms with Gasteiger partial charge >= 0.3 is 0 Å². The summed E-state index contributed by atoms with van der Waals surface area (Å²) in [6, 6.07) is 11.6. The summed E-state index contributed by atoms with van der Waals surface area (Å²) in [4.78, 5) is 19.4. The fraction of sp³-hybridized carbons (Fsp3) is 0.478. The number of nitrogens with one attached hydrogen (secondary N) is 1. The summed E-state index contributed by atoms with van der Waals surface area (Å²) in [6.07, 6.45) is 3.32. The molecular formula is C23H29N3O3.